The number of phenolic OH excluding ortho intramolecular Hbond substituents is 1. The Labute approximate surface area is 127 Å². The predicted molar refractivity (Wildman–Crippen MR) is 86.7 cm³/mol. The van der Waals surface area contributed by atoms with Crippen molar-refractivity contribution in [1.29, 1.82) is 0 Å². The lowest BCUT2D eigenvalue weighted by molar-refractivity contribution is 0.0429. The van der Waals surface area contributed by atoms with Gasteiger partial charge in [0.25, 0.3) is 0 Å². The number of rotatable bonds is 7. The number of para-hydroxylation sites is 2. The summed E-state index contributed by atoms with van der Waals surface area (Å²) in [4.78, 5) is 0. The molecule has 0 bridgehead atoms. The van der Waals surface area contributed by atoms with Crippen LogP contribution in [0.4, 0.5) is 0 Å². The Morgan fingerprint density at radius 3 is 2.00 bits per heavy atom. The summed E-state index contributed by atoms with van der Waals surface area (Å²) in [5.74, 6) is 1.16. The molecule has 0 atom stereocenters. The van der Waals surface area contributed by atoms with Crippen molar-refractivity contribution in [3.8, 4) is 11.5 Å². The largest absolute Gasteiger partial charge is 0.508 e. The van der Waals surface area contributed by atoms with Crippen molar-refractivity contribution in [1.82, 2.24) is 0 Å². The van der Waals surface area contributed by atoms with Gasteiger partial charge in [-0.2, -0.15) is 0 Å². The van der Waals surface area contributed by atoms with Crippen molar-refractivity contribution in [2.75, 3.05) is 0 Å². The van der Waals surface area contributed by atoms with E-state index in [1.54, 1.807) is 6.07 Å². The van der Waals surface area contributed by atoms with E-state index >= 15 is 0 Å². The number of phenols is 1. The molecule has 0 fully saturated rings. The minimum atomic E-state index is -0.462. The molecule has 0 aromatic heterocycles. The van der Waals surface area contributed by atoms with Crippen molar-refractivity contribution in [2.45, 2.75) is 45.1 Å². The molecule has 1 N–H and O–H groups in total. The van der Waals surface area contributed by atoms with E-state index in [0.29, 0.717) is 5.75 Å². The van der Waals surface area contributed by atoms with Gasteiger partial charge in [0.1, 0.15) is 17.1 Å². The second-order valence-corrected chi connectivity index (χ2v) is 5.43. The fourth-order valence-electron chi connectivity index (χ4n) is 2.93. The summed E-state index contributed by atoms with van der Waals surface area (Å²) in [5, 5.41) is 10.3. The predicted octanol–water partition coefficient (Wildman–Crippen LogP) is 5.27. The van der Waals surface area contributed by atoms with Gasteiger partial charge < -0.3 is 9.84 Å². The van der Waals surface area contributed by atoms with E-state index in [9.17, 15) is 5.11 Å². The molecule has 2 nitrogen and oxygen atoms in total. The van der Waals surface area contributed by atoms with Crippen LogP contribution in [-0.2, 0) is 5.60 Å². The van der Waals surface area contributed by atoms with Crippen LogP contribution in [0.3, 0.4) is 0 Å². The van der Waals surface area contributed by atoms with Crippen LogP contribution in [0.1, 0.15) is 45.1 Å². The van der Waals surface area contributed by atoms with Crippen LogP contribution in [0.2, 0.25) is 0 Å². The zero-order valence-corrected chi connectivity index (χ0v) is 12.9. The average molecular weight is 284 g/mol. The van der Waals surface area contributed by atoms with Crippen LogP contribution in [0, 0.1) is 0 Å². The van der Waals surface area contributed by atoms with Gasteiger partial charge in [-0.15, -0.1) is 0 Å². The molecule has 2 aromatic carbocycles. The molecule has 0 unspecified atom stereocenters. The maximum atomic E-state index is 10.3. The van der Waals surface area contributed by atoms with E-state index in [1.807, 2.05) is 48.5 Å². The highest BCUT2D eigenvalue weighted by atomic mass is 16.5. The summed E-state index contributed by atoms with van der Waals surface area (Å²) in [6, 6.07) is 17.4. The second-order valence-electron chi connectivity index (χ2n) is 5.43. The van der Waals surface area contributed by atoms with E-state index in [0.717, 1.165) is 37.0 Å². The fourth-order valence-corrected chi connectivity index (χ4v) is 2.93. The average Bonchev–Trinajstić information content (AvgIpc) is 2.49. The Balaban J connectivity index is 2.44. The van der Waals surface area contributed by atoms with E-state index in [2.05, 4.69) is 13.8 Å². The number of hydrogen-bond donors (Lipinski definition) is 1. The van der Waals surface area contributed by atoms with Crippen molar-refractivity contribution in [3.63, 3.8) is 0 Å². The summed E-state index contributed by atoms with van der Waals surface area (Å²) in [6.07, 6.45) is 3.77. The van der Waals surface area contributed by atoms with E-state index < -0.39 is 5.60 Å². The maximum absolute atomic E-state index is 10.3. The molecule has 0 amide bonds. The van der Waals surface area contributed by atoms with Crippen molar-refractivity contribution in [2.24, 2.45) is 0 Å². The third-order valence-electron chi connectivity index (χ3n) is 3.76. The van der Waals surface area contributed by atoms with Gasteiger partial charge in [-0.3, -0.25) is 0 Å². The molecular weight excluding hydrogens is 260 g/mol. The Morgan fingerprint density at radius 2 is 1.43 bits per heavy atom. The van der Waals surface area contributed by atoms with Gasteiger partial charge in [0.15, 0.2) is 0 Å². The Hall–Kier alpha value is -1.96. The van der Waals surface area contributed by atoms with Crippen LogP contribution in [0.25, 0.3) is 0 Å². The van der Waals surface area contributed by atoms with Crippen molar-refractivity contribution < 1.29 is 9.84 Å². The highest BCUT2D eigenvalue weighted by Crippen LogP contribution is 2.40. The third kappa shape index (κ3) is 3.57. The van der Waals surface area contributed by atoms with E-state index in [-0.39, 0.29) is 0 Å². The Morgan fingerprint density at radius 1 is 0.857 bits per heavy atom. The minimum absolute atomic E-state index is 0.315. The normalized spacial score (nSPS) is 11.3. The molecule has 0 heterocycles. The smallest absolute Gasteiger partial charge is 0.137 e. The molecule has 21 heavy (non-hydrogen) atoms. The first kappa shape index (κ1) is 15.4. The van der Waals surface area contributed by atoms with Gasteiger partial charge in [-0.25, -0.2) is 0 Å². The zero-order chi connectivity index (χ0) is 15.1. The standard InChI is InChI=1S/C19H24O2/c1-3-14-19(15-4-2,17-12-8-9-13-18(17)20)21-16-10-6-5-7-11-16/h5-13,20H,3-4,14-15H2,1-2H3. The Bertz CT molecular complexity index is 543. The molecule has 2 aromatic rings. The molecule has 2 rings (SSSR count). The van der Waals surface area contributed by atoms with Crippen molar-refractivity contribution in [3.05, 3.63) is 60.2 Å². The van der Waals surface area contributed by atoms with E-state index in [1.165, 1.54) is 0 Å². The summed E-state index contributed by atoms with van der Waals surface area (Å²) in [6.45, 7) is 4.30. The third-order valence-corrected chi connectivity index (χ3v) is 3.76. The van der Waals surface area contributed by atoms with Crippen LogP contribution in [-0.4, -0.2) is 5.11 Å². The van der Waals surface area contributed by atoms with Crippen molar-refractivity contribution >= 4 is 0 Å². The fraction of sp³-hybridized carbons (Fsp3) is 0.368. The molecular formula is C19H24O2. The first-order chi connectivity index (χ1) is 10.2. The van der Waals surface area contributed by atoms with Gasteiger partial charge in [0, 0.05) is 5.56 Å². The molecule has 0 spiro atoms. The Kier molecular flexibility index (Phi) is 5.26. The van der Waals surface area contributed by atoms with Gasteiger partial charge in [0.2, 0.25) is 0 Å². The highest BCUT2D eigenvalue weighted by Gasteiger charge is 2.35. The maximum Gasteiger partial charge on any atom is 0.137 e. The zero-order valence-electron chi connectivity index (χ0n) is 12.9. The van der Waals surface area contributed by atoms with Gasteiger partial charge in [0.05, 0.1) is 0 Å². The summed E-state index contributed by atoms with van der Waals surface area (Å²) >= 11 is 0. The number of benzene rings is 2. The van der Waals surface area contributed by atoms with Crippen LogP contribution in [0.5, 0.6) is 11.5 Å². The summed E-state index contributed by atoms with van der Waals surface area (Å²) in [7, 11) is 0. The van der Waals surface area contributed by atoms with Crippen LogP contribution < -0.4 is 4.74 Å². The monoisotopic (exact) mass is 284 g/mol. The highest BCUT2D eigenvalue weighted by molar-refractivity contribution is 5.38. The molecule has 0 aliphatic carbocycles. The first-order valence-electron chi connectivity index (χ1n) is 7.74. The van der Waals surface area contributed by atoms with Crippen LogP contribution in [0.15, 0.2) is 54.6 Å². The molecule has 0 radical (unpaired) electrons. The van der Waals surface area contributed by atoms with Gasteiger partial charge >= 0.3 is 0 Å². The van der Waals surface area contributed by atoms with Gasteiger partial charge in [-0.05, 0) is 31.0 Å². The molecule has 112 valence electrons. The number of aromatic hydroxyl groups is 1. The lowest BCUT2D eigenvalue weighted by Crippen LogP contribution is -2.33. The first-order valence-corrected chi connectivity index (χ1v) is 7.74. The quantitative estimate of drug-likeness (QED) is 0.750. The summed E-state index contributed by atoms with van der Waals surface area (Å²) in [5.41, 5.74) is 0.425. The number of ether oxygens (including phenoxy) is 1. The lowest BCUT2D eigenvalue weighted by Gasteiger charge is -2.35. The molecule has 0 saturated carbocycles. The molecule has 0 saturated heterocycles. The topological polar surface area (TPSA) is 29.5 Å². The number of hydrogen-bond acceptors (Lipinski definition) is 2. The molecule has 0 aliphatic rings. The summed E-state index contributed by atoms with van der Waals surface area (Å²) < 4.78 is 6.39. The van der Waals surface area contributed by atoms with Gasteiger partial charge in [-0.1, -0.05) is 63.1 Å². The van der Waals surface area contributed by atoms with E-state index in [4.69, 9.17) is 4.74 Å². The minimum Gasteiger partial charge on any atom is -0.508 e. The molecule has 0 aliphatic heterocycles. The SMILES string of the molecule is CCCC(CCC)(Oc1ccccc1)c1ccccc1O. The molecule has 2 heteroatoms. The van der Waals surface area contributed by atoms with Crippen LogP contribution >= 0.6 is 0 Å². The second kappa shape index (κ2) is 7.16. The lowest BCUT2D eigenvalue weighted by atomic mass is 9.84.